The molecule has 1 amide bonds. The predicted octanol–water partition coefficient (Wildman–Crippen LogP) is 3.21. The Balaban J connectivity index is 2.16. The van der Waals surface area contributed by atoms with Crippen LogP contribution in [0.3, 0.4) is 0 Å². The minimum Gasteiger partial charge on any atom is -0.490 e. The number of rotatable bonds is 13. The average Bonchev–Trinajstić information content (AvgIpc) is 2.75. The number of hydrogen-bond donors (Lipinski definition) is 2. The number of carbonyl (C=O) groups is 1. The van der Waals surface area contributed by atoms with Gasteiger partial charge < -0.3 is 19.8 Å². The van der Waals surface area contributed by atoms with E-state index in [2.05, 4.69) is 24.1 Å². The molecule has 2 N–H and O–H groups in total. The van der Waals surface area contributed by atoms with Crippen molar-refractivity contribution in [3.05, 3.63) is 33.0 Å². The molecule has 0 aliphatic rings. The number of benzene rings is 1. The number of carbonyl (C=O) groups excluding carboxylic acids is 1. The third-order valence-corrected chi connectivity index (χ3v) is 5.34. The largest absolute Gasteiger partial charge is 0.490 e. The molecule has 0 unspecified atom stereocenters. The molecule has 8 heteroatoms. The number of aromatic nitrogens is 2. The number of hydrogen-bond acceptors (Lipinski definition) is 5. The van der Waals surface area contributed by atoms with Crippen molar-refractivity contribution in [1.29, 1.82) is 0 Å². The molecular weight excluding hydrogens is 398 g/mol. The van der Waals surface area contributed by atoms with Gasteiger partial charge in [-0.25, -0.2) is 4.79 Å². The molecule has 2 rings (SSSR count). The van der Waals surface area contributed by atoms with Gasteiger partial charge in [0.05, 0.1) is 24.1 Å². The molecule has 0 radical (unpaired) electrons. The minimum absolute atomic E-state index is 0.0128. The molecule has 2 aromatic rings. The predicted molar refractivity (Wildman–Crippen MR) is 122 cm³/mol. The van der Waals surface area contributed by atoms with E-state index < -0.39 is 11.2 Å². The molecule has 0 saturated heterocycles. The first kappa shape index (κ1) is 24.5. The summed E-state index contributed by atoms with van der Waals surface area (Å²) in [6.07, 6.45) is 4.44. The summed E-state index contributed by atoms with van der Waals surface area (Å²) >= 11 is 0. The van der Waals surface area contributed by atoms with Gasteiger partial charge in [-0.05, 0) is 32.3 Å². The molecule has 0 saturated carbocycles. The third kappa shape index (κ3) is 6.60. The molecule has 1 aromatic heterocycles. The molecule has 1 heterocycles. The van der Waals surface area contributed by atoms with Crippen molar-refractivity contribution in [2.24, 2.45) is 5.92 Å². The number of amides is 1. The Morgan fingerprint density at radius 3 is 2.39 bits per heavy atom. The van der Waals surface area contributed by atoms with Crippen LogP contribution in [0.2, 0.25) is 0 Å². The second-order valence-electron chi connectivity index (χ2n) is 7.57. The second kappa shape index (κ2) is 12.2. The fourth-order valence-corrected chi connectivity index (χ4v) is 3.50. The number of H-pyrrole nitrogens is 1. The van der Waals surface area contributed by atoms with Crippen molar-refractivity contribution in [1.82, 2.24) is 14.9 Å². The molecule has 0 spiro atoms. The van der Waals surface area contributed by atoms with Crippen molar-refractivity contribution in [3.8, 4) is 11.5 Å². The summed E-state index contributed by atoms with van der Waals surface area (Å²) in [5.74, 6) is 1.20. The number of nitrogens with one attached hydrogen (secondary N) is 2. The second-order valence-corrected chi connectivity index (χ2v) is 7.57. The van der Waals surface area contributed by atoms with E-state index in [4.69, 9.17) is 9.47 Å². The lowest BCUT2D eigenvalue weighted by Gasteiger charge is -2.15. The molecule has 8 nitrogen and oxygen atoms in total. The Bertz CT molecular complexity index is 980. The van der Waals surface area contributed by atoms with Gasteiger partial charge in [-0.3, -0.25) is 14.2 Å². The monoisotopic (exact) mass is 433 g/mol. The quantitative estimate of drug-likeness (QED) is 0.505. The number of aromatic amines is 1. The van der Waals surface area contributed by atoms with Crippen LogP contribution in [-0.2, 0) is 11.3 Å². The van der Waals surface area contributed by atoms with Crippen molar-refractivity contribution in [2.75, 3.05) is 19.8 Å². The summed E-state index contributed by atoms with van der Waals surface area (Å²) in [6.45, 7) is 9.44. The molecule has 172 valence electrons. The van der Waals surface area contributed by atoms with Crippen LogP contribution in [0.15, 0.2) is 21.7 Å². The maximum Gasteiger partial charge on any atom is 0.328 e. The lowest BCUT2D eigenvalue weighted by Crippen LogP contribution is -2.37. The van der Waals surface area contributed by atoms with Crippen LogP contribution in [0.5, 0.6) is 11.5 Å². The zero-order chi connectivity index (χ0) is 22.8. The molecule has 0 fully saturated rings. The van der Waals surface area contributed by atoms with Gasteiger partial charge in [0.25, 0.3) is 5.56 Å². The smallest absolute Gasteiger partial charge is 0.328 e. The van der Waals surface area contributed by atoms with Crippen LogP contribution >= 0.6 is 0 Å². The highest BCUT2D eigenvalue weighted by molar-refractivity contribution is 5.81. The molecular formula is C23H35N3O5. The van der Waals surface area contributed by atoms with Crippen LogP contribution in [0.1, 0.15) is 59.8 Å². The van der Waals surface area contributed by atoms with E-state index in [1.807, 2.05) is 13.8 Å². The molecule has 0 bridgehead atoms. The average molecular weight is 434 g/mol. The van der Waals surface area contributed by atoms with Gasteiger partial charge >= 0.3 is 5.69 Å². The minimum atomic E-state index is -0.550. The number of fused-ring (bicyclic) bond motifs is 1. The Labute approximate surface area is 182 Å². The molecule has 1 aromatic carbocycles. The highest BCUT2D eigenvalue weighted by Gasteiger charge is 2.15. The summed E-state index contributed by atoms with van der Waals surface area (Å²) in [7, 11) is 0. The van der Waals surface area contributed by atoms with Gasteiger partial charge in [-0.1, -0.05) is 33.1 Å². The van der Waals surface area contributed by atoms with Gasteiger partial charge in [0, 0.05) is 25.6 Å². The lowest BCUT2D eigenvalue weighted by molar-refractivity contribution is -0.121. The number of ether oxygens (including phenoxy) is 2. The summed E-state index contributed by atoms with van der Waals surface area (Å²) < 4.78 is 12.2. The van der Waals surface area contributed by atoms with Crippen LogP contribution in [-0.4, -0.2) is 35.2 Å². The first-order valence-corrected chi connectivity index (χ1v) is 11.3. The fraction of sp³-hybridized carbons (Fsp3) is 0.609. The van der Waals surface area contributed by atoms with Crippen molar-refractivity contribution in [2.45, 2.75) is 66.3 Å². The van der Waals surface area contributed by atoms with E-state index in [0.717, 1.165) is 30.3 Å². The summed E-state index contributed by atoms with van der Waals surface area (Å²) in [5, 5.41) is 3.25. The Morgan fingerprint density at radius 2 is 1.77 bits per heavy atom. The van der Waals surface area contributed by atoms with E-state index in [1.165, 1.54) is 0 Å². The number of nitrogens with zero attached hydrogens (tertiary/aromatic N) is 1. The SMILES string of the molecule is CCCC[C@H](CC)CNC(=O)CCn1c(=O)[nH]c2cc(OCC)c(OCC)cc2c1=O. The summed E-state index contributed by atoms with van der Waals surface area (Å²) in [4.78, 5) is 40.4. The third-order valence-electron chi connectivity index (χ3n) is 5.34. The standard InChI is InChI=1S/C23H35N3O5/c1-5-9-10-16(6-2)15-24-21(27)11-12-26-22(28)17-13-19(30-7-3)20(31-8-4)14-18(17)25-23(26)29/h13-14,16H,5-12,15H2,1-4H3,(H,24,27)(H,25,29)/t16-/m0/s1. The van der Waals surface area contributed by atoms with E-state index in [1.54, 1.807) is 12.1 Å². The molecule has 0 aliphatic heterocycles. The van der Waals surface area contributed by atoms with Gasteiger partial charge in [0.1, 0.15) is 0 Å². The molecule has 0 aliphatic carbocycles. The summed E-state index contributed by atoms with van der Waals surface area (Å²) in [6, 6.07) is 3.18. The normalized spacial score (nSPS) is 12.0. The first-order valence-electron chi connectivity index (χ1n) is 11.3. The highest BCUT2D eigenvalue weighted by Crippen LogP contribution is 2.30. The Hall–Kier alpha value is -2.77. The van der Waals surface area contributed by atoms with E-state index >= 15 is 0 Å². The zero-order valence-electron chi connectivity index (χ0n) is 19.1. The van der Waals surface area contributed by atoms with Crippen molar-refractivity contribution < 1.29 is 14.3 Å². The van der Waals surface area contributed by atoms with Crippen LogP contribution in [0.25, 0.3) is 10.9 Å². The maximum absolute atomic E-state index is 12.9. The zero-order valence-corrected chi connectivity index (χ0v) is 19.1. The van der Waals surface area contributed by atoms with Crippen molar-refractivity contribution >= 4 is 16.8 Å². The Kier molecular flexibility index (Phi) is 9.62. The van der Waals surface area contributed by atoms with Crippen LogP contribution in [0, 0.1) is 5.92 Å². The van der Waals surface area contributed by atoms with Crippen LogP contribution in [0.4, 0.5) is 0 Å². The highest BCUT2D eigenvalue weighted by atomic mass is 16.5. The Morgan fingerprint density at radius 1 is 1.10 bits per heavy atom. The number of unbranched alkanes of at least 4 members (excludes halogenated alkanes) is 1. The topological polar surface area (TPSA) is 102 Å². The fourth-order valence-electron chi connectivity index (χ4n) is 3.50. The maximum atomic E-state index is 12.9. The van der Waals surface area contributed by atoms with E-state index in [9.17, 15) is 14.4 Å². The molecule has 1 atom stereocenters. The first-order chi connectivity index (χ1) is 14.9. The van der Waals surface area contributed by atoms with Crippen LogP contribution < -0.4 is 26.0 Å². The lowest BCUT2D eigenvalue weighted by atomic mass is 9.99. The van der Waals surface area contributed by atoms with E-state index in [0.29, 0.717) is 48.1 Å². The van der Waals surface area contributed by atoms with E-state index in [-0.39, 0.29) is 18.9 Å². The molecule has 31 heavy (non-hydrogen) atoms. The summed E-state index contributed by atoms with van der Waals surface area (Å²) in [5.41, 5.74) is -0.625. The van der Waals surface area contributed by atoms with Gasteiger partial charge in [0.2, 0.25) is 5.91 Å². The van der Waals surface area contributed by atoms with Gasteiger partial charge in [0.15, 0.2) is 11.5 Å². The van der Waals surface area contributed by atoms with Gasteiger partial charge in [-0.2, -0.15) is 0 Å². The van der Waals surface area contributed by atoms with Crippen molar-refractivity contribution in [3.63, 3.8) is 0 Å². The van der Waals surface area contributed by atoms with Gasteiger partial charge in [-0.15, -0.1) is 0 Å².